The Morgan fingerprint density at radius 1 is 0.850 bits per heavy atom. The molecule has 0 atom stereocenters. The molecule has 0 radical (unpaired) electrons. The first-order valence-electron chi connectivity index (χ1n) is 6.23. The molecule has 0 bridgehead atoms. The standard InChI is InChI=1S/C17H12O2S/c18-17(19)15-11-10-12-6-4-5-9-14(12)16(15)20-13-7-2-1-3-8-13/h1-11H,(H,18,19). The molecule has 0 aliphatic carbocycles. The smallest absolute Gasteiger partial charge is 0.336 e. The van der Waals surface area contributed by atoms with Gasteiger partial charge in [-0.2, -0.15) is 0 Å². The van der Waals surface area contributed by atoms with Crippen LogP contribution in [0.2, 0.25) is 0 Å². The van der Waals surface area contributed by atoms with Crippen LogP contribution in [0, 0.1) is 0 Å². The number of aromatic carboxylic acids is 1. The van der Waals surface area contributed by atoms with E-state index in [-0.39, 0.29) is 0 Å². The molecule has 3 heteroatoms. The largest absolute Gasteiger partial charge is 0.478 e. The lowest BCUT2D eigenvalue weighted by molar-refractivity contribution is 0.0693. The second kappa shape index (κ2) is 5.39. The van der Waals surface area contributed by atoms with Gasteiger partial charge in [0.15, 0.2) is 0 Å². The van der Waals surface area contributed by atoms with Gasteiger partial charge in [-0.1, -0.05) is 60.3 Å². The number of carboxylic acids is 1. The number of hydrogen-bond donors (Lipinski definition) is 1. The lowest BCUT2D eigenvalue weighted by Gasteiger charge is -2.10. The molecular formula is C17H12O2S. The van der Waals surface area contributed by atoms with Gasteiger partial charge in [0.1, 0.15) is 0 Å². The predicted octanol–water partition coefficient (Wildman–Crippen LogP) is 4.69. The summed E-state index contributed by atoms with van der Waals surface area (Å²) in [6.07, 6.45) is 0. The van der Waals surface area contributed by atoms with E-state index in [1.54, 1.807) is 6.07 Å². The topological polar surface area (TPSA) is 37.3 Å². The van der Waals surface area contributed by atoms with Crippen LogP contribution < -0.4 is 0 Å². The van der Waals surface area contributed by atoms with Crippen LogP contribution in [0.25, 0.3) is 10.8 Å². The number of rotatable bonds is 3. The van der Waals surface area contributed by atoms with Crippen molar-refractivity contribution < 1.29 is 9.90 Å². The zero-order valence-corrected chi connectivity index (χ0v) is 11.4. The first kappa shape index (κ1) is 12.8. The van der Waals surface area contributed by atoms with E-state index in [9.17, 15) is 9.90 Å². The van der Waals surface area contributed by atoms with Crippen LogP contribution in [0.15, 0.2) is 76.5 Å². The summed E-state index contributed by atoms with van der Waals surface area (Å²) in [4.78, 5) is 13.3. The molecule has 0 heterocycles. The molecule has 2 nitrogen and oxygen atoms in total. The second-order valence-corrected chi connectivity index (χ2v) is 5.47. The van der Waals surface area contributed by atoms with Gasteiger partial charge in [0.25, 0.3) is 0 Å². The highest BCUT2D eigenvalue weighted by Gasteiger charge is 2.14. The molecule has 20 heavy (non-hydrogen) atoms. The first-order valence-corrected chi connectivity index (χ1v) is 7.05. The normalized spacial score (nSPS) is 10.6. The van der Waals surface area contributed by atoms with Crippen molar-refractivity contribution in [2.45, 2.75) is 9.79 Å². The molecule has 0 spiro atoms. The summed E-state index contributed by atoms with van der Waals surface area (Å²) in [5.74, 6) is -0.894. The van der Waals surface area contributed by atoms with Gasteiger partial charge in [-0.05, 0) is 29.0 Å². The summed E-state index contributed by atoms with van der Waals surface area (Å²) in [5, 5.41) is 11.4. The average Bonchev–Trinajstić information content (AvgIpc) is 2.48. The van der Waals surface area contributed by atoms with Gasteiger partial charge in [-0.25, -0.2) is 4.79 Å². The van der Waals surface area contributed by atoms with E-state index < -0.39 is 5.97 Å². The highest BCUT2D eigenvalue weighted by Crippen LogP contribution is 2.36. The summed E-state index contributed by atoms with van der Waals surface area (Å²) in [7, 11) is 0. The average molecular weight is 280 g/mol. The van der Waals surface area contributed by atoms with Gasteiger partial charge in [-0.15, -0.1) is 0 Å². The van der Waals surface area contributed by atoms with Crippen molar-refractivity contribution in [3.05, 3.63) is 72.3 Å². The summed E-state index contributed by atoms with van der Waals surface area (Å²) >= 11 is 1.49. The Morgan fingerprint density at radius 2 is 1.55 bits per heavy atom. The number of carboxylic acid groups (broad SMARTS) is 1. The summed E-state index contributed by atoms with van der Waals surface area (Å²) < 4.78 is 0. The molecule has 3 rings (SSSR count). The fourth-order valence-corrected chi connectivity index (χ4v) is 3.22. The van der Waals surface area contributed by atoms with Crippen LogP contribution in [-0.2, 0) is 0 Å². The molecule has 0 amide bonds. The molecular weight excluding hydrogens is 268 g/mol. The molecule has 0 saturated carbocycles. The van der Waals surface area contributed by atoms with Crippen LogP contribution in [0.4, 0.5) is 0 Å². The fourth-order valence-electron chi connectivity index (χ4n) is 2.13. The van der Waals surface area contributed by atoms with Crippen molar-refractivity contribution in [1.29, 1.82) is 0 Å². The van der Waals surface area contributed by atoms with E-state index in [2.05, 4.69) is 0 Å². The lowest BCUT2D eigenvalue weighted by atomic mass is 10.1. The van der Waals surface area contributed by atoms with E-state index in [4.69, 9.17) is 0 Å². The molecule has 98 valence electrons. The Morgan fingerprint density at radius 3 is 2.30 bits per heavy atom. The summed E-state index contributed by atoms with van der Waals surface area (Å²) in [6, 6.07) is 21.2. The van der Waals surface area contributed by atoms with Crippen LogP contribution in [0.5, 0.6) is 0 Å². The van der Waals surface area contributed by atoms with Gasteiger partial charge >= 0.3 is 5.97 Å². The number of hydrogen-bond acceptors (Lipinski definition) is 2. The third-order valence-electron chi connectivity index (χ3n) is 3.07. The van der Waals surface area contributed by atoms with Crippen molar-refractivity contribution in [2.24, 2.45) is 0 Å². The zero-order valence-electron chi connectivity index (χ0n) is 10.6. The Balaban J connectivity index is 2.20. The quantitative estimate of drug-likeness (QED) is 0.756. The summed E-state index contributed by atoms with van der Waals surface area (Å²) in [6.45, 7) is 0. The van der Waals surface area contributed by atoms with E-state index in [0.717, 1.165) is 20.6 Å². The number of fused-ring (bicyclic) bond motifs is 1. The maximum Gasteiger partial charge on any atom is 0.336 e. The minimum atomic E-state index is -0.894. The highest BCUT2D eigenvalue weighted by atomic mass is 32.2. The van der Waals surface area contributed by atoms with Crippen molar-refractivity contribution in [3.8, 4) is 0 Å². The van der Waals surface area contributed by atoms with Crippen molar-refractivity contribution >= 4 is 28.5 Å². The monoisotopic (exact) mass is 280 g/mol. The summed E-state index contributed by atoms with van der Waals surface area (Å²) in [5.41, 5.74) is 0.345. The molecule has 3 aromatic rings. The van der Waals surface area contributed by atoms with Crippen LogP contribution in [0.3, 0.4) is 0 Å². The van der Waals surface area contributed by atoms with Gasteiger partial charge in [0.2, 0.25) is 0 Å². The van der Waals surface area contributed by atoms with Gasteiger partial charge in [0, 0.05) is 9.79 Å². The molecule has 1 N–H and O–H groups in total. The highest BCUT2D eigenvalue weighted by molar-refractivity contribution is 7.99. The third-order valence-corrected chi connectivity index (χ3v) is 4.22. The van der Waals surface area contributed by atoms with E-state index in [1.807, 2.05) is 60.7 Å². The maximum absolute atomic E-state index is 11.4. The SMILES string of the molecule is O=C(O)c1ccc2ccccc2c1Sc1ccccc1. The van der Waals surface area contributed by atoms with Gasteiger partial charge in [0.05, 0.1) is 5.56 Å². The van der Waals surface area contributed by atoms with E-state index >= 15 is 0 Å². The molecule has 3 aromatic carbocycles. The molecule has 0 aliphatic rings. The maximum atomic E-state index is 11.4. The van der Waals surface area contributed by atoms with Crippen LogP contribution >= 0.6 is 11.8 Å². The Labute approximate surface area is 121 Å². The molecule has 0 aromatic heterocycles. The van der Waals surface area contributed by atoms with E-state index in [0.29, 0.717) is 5.56 Å². The van der Waals surface area contributed by atoms with Gasteiger partial charge in [-0.3, -0.25) is 0 Å². The lowest BCUT2D eigenvalue weighted by Crippen LogP contribution is -1.99. The van der Waals surface area contributed by atoms with Crippen LogP contribution in [-0.4, -0.2) is 11.1 Å². The second-order valence-electron chi connectivity index (χ2n) is 4.38. The van der Waals surface area contributed by atoms with Crippen LogP contribution in [0.1, 0.15) is 10.4 Å². The molecule has 0 unspecified atom stereocenters. The number of carbonyl (C=O) groups is 1. The van der Waals surface area contributed by atoms with Gasteiger partial charge < -0.3 is 5.11 Å². The Bertz CT molecular complexity index is 766. The van der Waals surface area contributed by atoms with Crippen molar-refractivity contribution in [1.82, 2.24) is 0 Å². The van der Waals surface area contributed by atoms with Crippen molar-refractivity contribution in [3.63, 3.8) is 0 Å². The van der Waals surface area contributed by atoms with E-state index in [1.165, 1.54) is 11.8 Å². The Hall–Kier alpha value is -2.26. The Kier molecular flexibility index (Phi) is 3.44. The first-order chi connectivity index (χ1) is 9.75. The molecule has 0 fully saturated rings. The minimum Gasteiger partial charge on any atom is -0.478 e. The fraction of sp³-hybridized carbons (Fsp3) is 0. The third kappa shape index (κ3) is 2.40. The minimum absolute atomic E-state index is 0.345. The molecule has 0 saturated heterocycles. The number of benzene rings is 3. The molecule has 0 aliphatic heterocycles. The zero-order chi connectivity index (χ0) is 13.9. The predicted molar refractivity (Wildman–Crippen MR) is 81.5 cm³/mol. The van der Waals surface area contributed by atoms with Crippen molar-refractivity contribution in [2.75, 3.05) is 0 Å².